The van der Waals surface area contributed by atoms with Gasteiger partial charge in [0.15, 0.2) is 0 Å². The van der Waals surface area contributed by atoms with Gasteiger partial charge in [0.05, 0.1) is 21.8 Å². The van der Waals surface area contributed by atoms with Crippen LogP contribution in [0.2, 0.25) is 10.0 Å². The molecule has 0 aliphatic carbocycles. The van der Waals surface area contributed by atoms with Crippen LogP contribution < -0.4 is 5.43 Å². The number of fused-ring (bicyclic) bond motifs is 1. The van der Waals surface area contributed by atoms with Crippen LogP contribution in [0.25, 0.3) is 10.9 Å². The highest BCUT2D eigenvalue weighted by Crippen LogP contribution is 2.22. The number of H-pyrrole nitrogens is 1. The number of rotatable bonds is 3. The standard InChI is InChI=1S/C16H11Cl2N3O/c17-13-5-3-6-14(18)12(13)9-20-21-16(22)11-8-19-15-7-2-1-4-10(11)15/h1-9,19H,(H,21,22)/b20-9-. The molecule has 4 nitrogen and oxygen atoms in total. The van der Waals surface area contributed by atoms with Crippen molar-refractivity contribution in [2.24, 2.45) is 5.10 Å². The van der Waals surface area contributed by atoms with Crippen LogP contribution in [0.4, 0.5) is 0 Å². The molecular formula is C16H11Cl2N3O. The summed E-state index contributed by atoms with van der Waals surface area (Å²) < 4.78 is 0. The fourth-order valence-electron chi connectivity index (χ4n) is 2.11. The normalized spacial score (nSPS) is 11.2. The molecule has 2 N–H and O–H groups in total. The van der Waals surface area contributed by atoms with E-state index in [2.05, 4.69) is 15.5 Å². The van der Waals surface area contributed by atoms with E-state index < -0.39 is 0 Å². The molecule has 22 heavy (non-hydrogen) atoms. The highest BCUT2D eigenvalue weighted by molar-refractivity contribution is 6.38. The molecule has 0 fully saturated rings. The van der Waals surface area contributed by atoms with Crippen LogP contribution >= 0.6 is 23.2 Å². The second-order valence-electron chi connectivity index (χ2n) is 4.58. The fourth-order valence-corrected chi connectivity index (χ4v) is 2.60. The quantitative estimate of drug-likeness (QED) is 0.547. The number of carbonyl (C=O) groups is 1. The summed E-state index contributed by atoms with van der Waals surface area (Å²) in [6.07, 6.45) is 3.08. The number of amides is 1. The van der Waals surface area contributed by atoms with E-state index in [-0.39, 0.29) is 5.91 Å². The molecule has 0 atom stereocenters. The van der Waals surface area contributed by atoms with Crippen molar-refractivity contribution in [3.05, 3.63) is 69.8 Å². The van der Waals surface area contributed by atoms with E-state index in [0.29, 0.717) is 21.2 Å². The molecule has 0 aliphatic rings. The zero-order valence-electron chi connectivity index (χ0n) is 11.3. The van der Waals surface area contributed by atoms with Crippen LogP contribution in [0.15, 0.2) is 53.8 Å². The Labute approximate surface area is 136 Å². The molecule has 2 aromatic carbocycles. The van der Waals surface area contributed by atoms with Crippen LogP contribution in [-0.2, 0) is 0 Å². The fraction of sp³-hybridized carbons (Fsp3) is 0. The Morgan fingerprint density at radius 1 is 1.09 bits per heavy atom. The monoisotopic (exact) mass is 331 g/mol. The summed E-state index contributed by atoms with van der Waals surface area (Å²) in [6.45, 7) is 0. The summed E-state index contributed by atoms with van der Waals surface area (Å²) in [5.41, 5.74) is 4.45. The molecule has 0 unspecified atom stereocenters. The number of nitrogens with one attached hydrogen (secondary N) is 2. The van der Waals surface area contributed by atoms with Crippen molar-refractivity contribution in [2.75, 3.05) is 0 Å². The van der Waals surface area contributed by atoms with E-state index in [1.165, 1.54) is 6.21 Å². The molecule has 1 amide bonds. The van der Waals surface area contributed by atoms with Gasteiger partial charge in [-0.1, -0.05) is 47.5 Å². The average molecular weight is 332 g/mol. The number of aromatic amines is 1. The van der Waals surface area contributed by atoms with Gasteiger partial charge in [-0.15, -0.1) is 0 Å². The summed E-state index contributed by atoms with van der Waals surface area (Å²) in [5.74, 6) is -0.308. The number of hydrogen-bond acceptors (Lipinski definition) is 2. The lowest BCUT2D eigenvalue weighted by molar-refractivity contribution is 0.0957. The second-order valence-corrected chi connectivity index (χ2v) is 5.40. The highest BCUT2D eigenvalue weighted by Gasteiger charge is 2.10. The molecule has 0 saturated carbocycles. The molecule has 1 heterocycles. The van der Waals surface area contributed by atoms with Gasteiger partial charge in [0.1, 0.15) is 0 Å². The zero-order chi connectivity index (χ0) is 15.5. The molecular weight excluding hydrogens is 321 g/mol. The summed E-state index contributed by atoms with van der Waals surface area (Å²) in [7, 11) is 0. The molecule has 0 radical (unpaired) electrons. The molecule has 0 aliphatic heterocycles. The maximum absolute atomic E-state index is 12.2. The first-order valence-corrected chi connectivity index (χ1v) is 7.26. The van der Waals surface area contributed by atoms with Gasteiger partial charge >= 0.3 is 0 Å². The van der Waals surface area contributed by atoms with Crippen molar-refractivity contribution >= 4 is 46.2 Å². The van der Waals surface area contributed by atoms with E-state index in [4.69, 9.17) is 23.2 Å². The number of hydrazone groups is 1. The molecule has 3 aromatic rings. The Morgan fingerprint density at radius 2 is 1.82 bits per heavy atom. The number of hydrogen-bond donors (Lipinski definition) is 2. The van der Waals surface area contributed by atoms with Crippen LogP contribution in [0.5, 0.6) is 0 Å². The lowest BCUT2D eigenvalue weighted by atomic mass is 10.2. The van der Waals surface area contributed by atoms with E-state index in [9.17, 15) is 4.79 Å². The van der Waals surface area contributed by atoms with Crippen molar-refractivity contribution in [3.63, 3.8) is 0 Å². The van der Waals surface area contributed by atoms with Crippen molar-refractivity contribution < 1.29 is 4.79 Å². The molecule has 3 rings (SSSR count). The predicted molar refractivity (Wildman–Crippen MR) is 89.8 cm³/mol. The Morgan fingerprint density at radius 3 is 2.59 bits per heavy atom. The van der Waals surface area contributed by atoms with Crippen LogP contribution in [0.3, 0.4) is 0 Å². The minimum Gasteiger partial charge on any atom is -0.360 e. The smallest absolute Gasteiger partial charge is 0.273 e. The Kier molecular flexibility index (Phi) is 4.13. The van der Waals surface area contributed by atoms with E-state index in [1.807, 2.05) is 24.3 Å². The summed E-state index contributed by atoms with van der Waals surface area (Å²) in [5, 5.41) is 5.70. The first kappa shape index (κ1) is 14.6. The number of halogens is 2. The molecule has 1 aromatic heterocycles. The van der Waals surface area contributed by atoms with Crippen molar-refractivity contribution in [1.29, 1.82) is 0 Å². The zero-order valence-corrected chi connectivity index (χ0v) is 12.8. The Balaban J connectivity index is 1.79. The SMILES string of the molecule is O=C(N/N=C\c1c(Cl)cccc1Cl)c1c[nH]c2ccccc12. The lowest BCUT2D eigenvalue weighted by Gasteiger charge is -2.01. The first-order valence-electron chi connectivity index (χ1n) is 6.50. The van der Waals surface area contributed by atoms with Gasteiger partial charge in [-0.25, -0.2) is 5.43 Å². The maximum atomic E-state index is 12.2. The number of carbonyl (C=O) groups excluding carboxylic acids is 1. The highest BCUT2D eigenvalue weighted by atomic mass is 35.5. The number of para-hydroxylation sites is 1. The van der Waals surface area contributed by atoms with Gasteiger partial charge in [0.2, 0.25) is 0 Å². The van der Waals surface area contributed by atoms with Gasteiger partial charge in [-0.3, -0.25) is 4.79 Å². The van der Waals surface area contributed by atoms with Crippen LogP contribution in [0, 0.1) is 0 Å². The van der Waals surface area contributed by atoms with Gasteiger partial charge < -0.3 is 4.98 Å². The van der Waals surface area contributed by atoms with Crippen molar-refractivity contribution in [2.45, 2.75) is 0 Å². The molecule has 110 valence electrons. The van der Waals surface area contributed by atoms with Crippen molar-refractivity contribution in [1.82, 2.24) is 10.4 Å². The van der Waals surface area contributed by atoms with E-state index in [0.717, 1.165) is 10.9 Å². The molecule has 6 heteroatoms. The van der Waals surface area contributed by atoms with E-state index in [1.54, 1.807) is 24.4 Å². The number of aromatic nitrogens is 1. The third kappa shape index (κ3) is 2.84. The second kappa shape index (κ2) is 6.22. The third-order valence-corrected chi connectivity index (χ3v) is 3.85. The van der Waals surface area contributed by atoms with Gasteiger partial charge in [-0.2, -0.15) is 5.10 Å². The predicted octanol–water partition coefficient (Wildman–Crippen LogP) is 4.24. The maximum Gasteiger partial charge on any atom is 0.273 e. The van der Waals surface area contributed by atoms with E-state index >= 15 is 0 Å². The Hall–Kier alpha value is -2.30. The van der Waals surface area contributed by atoms with Gasteiger partial charge in [0.25, 0.3) is 5.91 Å². The molecule has 0 saturated heterocycles. The first-order chi connectivity index (χ1) is 10.7. The molecule has 0 bridgehead atoms. The minimum atomic E-state index is -0.308. The van der Waals surface area contributed by atoms with Crippen LogP contribution in [0.1, 0.15) is 15.9 Å². The summed E-state index contributed by atoms with van der Waals surface area (Å²) in [4.78, 5) is 15.2. The summed E-state index contributed by atoms with van der Waals surface area (Å²) in [6, 6.07) is 12.7. The molecule has 0 spiro atoms. The number of benzene rings is 2. The third-order valence-electron chi connectivity index (χ3n) is 3.19. The number of nitrogens with zero attached hydrogens (tertiary/aromatic N) is 1. The topological polar surface area (TPSA) is 57.2 Å². The average Bonchev–Trinajstić information content (AvgIpc) is 2.94. The lowest BCUT2D eigenvalue weighted by Crippen LogP contribution is -2.17. The Bertz CT molecular complexity index is 850. The largest absolute Gasteiger partial charge is 0.360 e. The minimum absolute atomic E-state index is 0.308. The van der Waals surface area contributed by atoms with Gasteiger partial charge in [0, 0.05) is 22.7 Å². The summed E-state index contributed by atoms with van der Waals surface area (Å²) >= 11 is 12.1. The van der Waals surface area contributed by atoms with Crippen LogP contribution in [-0.4, -0.2) is 17.1 Å². The van der Waals surface area contributed by atoms with Gasteiger partial charge in [-0.05, 0) is 18.2 Å². The van der Waals surface area contributed by atoms with Crippen molar-refractivity contribution in [3.8, 4) is 0 Å².